The molecule has 0 amide bonds. The molecular weight excluding hydrogens is 234 g/mol. The maximum atomic E-state index is 6.09. The van der Waals surface area contributed by atoms with Gasteiger partial charge in [-0.25, -0.2) is 4.98 Å². The van der Waals surface area contributed by atoms with E-state index in [-0.39, 0.29) is 0 Å². The summed E-state index contributed by atoms with van der Waals surface area (Å²) >= 11 is 6.09. The number of hydrogen-bond acceptors (Lipinski definition) is 3. The Hall–Kier alpha value is -0.640. The maximum Gasteiger partial charge on any atom is 0.133 e. The van der Waals surface area contributed by atoms with Crippen molar-refractivity contribution in [3.05, 3.63) is 29.0 Å². The van der Waals surface area contributed by atoms with Crippen LogP contribution in [0.3, 0.4) is 0 Å². The zero-order valence-electron chi connectivity index (χ0n) is 10.3. The van der Waals surface area contributed by atoms with Crippen LogP contribution in [-0.4, -0.2) is 35.6 Å². The first-order valence-electron chi connectivity index (χ1n) is 6.34. The number of nitrogens with zero attached hydrogens (tertiary/aromatic N) is 2. The fraction of sp³-hybridized carbons (Fsp3) is 0.615. The molecule has 2 rings (SSSR count). The standard InChI is InChI=1S/C13H20ClN3/c1-2-17(10-12-6-4-7-15-12)9-11-5-3-8-16-13(11)14/h3,5,8,12,15H,2,4,6-7,9-10H2,1H3. The van der Waals surface area contributed by atoms with Crippen molar-refractivity contribution in [1.82, 2.24) is 15.2 Å². The third-order valence-corrected chi connectivity index (χ3v) is 3.66. The SMILES string of the molecule is CCN(Cc1cccnc1Cl)CC1CCCN1. The van der Waals surface area contributed by atoms with Crippen molar-refractivity contribution >= 4 is 11.6 Å². The summed E-state index contributed by atoms with van der Waals surface area (Å²) in [6, 6.07) is 4.65. The van der Waals surface area contributed by atoms with Gasteiger partial charge in [-0.1, -0.05) is 24.6 Å². The molecule has 1 N–H and O–H groups in total. The molecular formula is C13H20ClN3. The van der Waals surface area contributed by atoms with Gasteiger partial charge in [0.2, 0.25) is 0 Å². The van der Waals surface area contributed by atoms with Crippen LogP contribution >= 0.6 is 11.6 Å². The number of pyridine rings is 1. The van der Waals surface area contributed by atoms with Crippen molar-refractivity contribution in [1.29, 1.82) is 0 Å². The summed E-state index contributed by atoms with van der Waals surface area (Å²) in [5, 5.41) is 4.16. The smallest absolute Gasteiger partial charge is 0.133 e. The molecule has 1 unspecified atom stereocenters. The molecule has 1 aromatic rings. The van der Waals surface area contributed by atoms with Gasteiger partial charge in [-0.15, -0.1) is 0 Å². The molecule has 1 aromatic heterocycles. The Morgan fingerprint density at radius 2 is 2.47 bits per heavy atom. The van der Waals surface area contributed by atoms with E-state index in [1.807, 2.05) is 6.07 Å². The van der Waals surface area contributed by atoms with Gasteiger partial charge >= 0.3 is 0 Å². The quantitative estimate of drug-likeness (QED) is 0.817. The van der Waals surface area contributed by atoms with Gasteiger partial charge in [0, 0.05) is 30.9 Å². The first-order valence-corrected chi connectivity index (χ1v) is 6.72. The van der Waals surface area contributed by atoms with E-state index in [1.54, 1.807) is 6.20 Å². The van der Waals surface area contributed by atoms with Gasteiger partial charge in [-0.2, -0.15) is 0 Å². The van der Waals surface area contributed by atoms with Crippen molar-refractivity contribution in [2.24, 2.45) is 0 Å². The third kappa shape index (κ3) is 3.66. The van der Waals surface area contributed by atoms with Crippen LogP contribution in [0.15, 0.2) is 18.3 Å². The van der Waals surface area contributed by atoms with Gasteiger partial charge in [0.25, 0.3) is 0 Å². The minimum Gasteiger partial charge on any atom is -0.313 e. The summed E-state index contributed by atoms with van der Waals surface area (Å²) in [6.07, 6.45) is 4.33. The minimum atomic E-state index is 0.630. The average molecular weight is 254 g/mol. The van der Waals surface area contributed by atoms with Crippen molar-refractivity contribution in [3.63, 3.8) is 0 Å². The lowest BCUT2D eigenvalue weighted by Crippen LogP contribution is -2.37. The first kappa shape index (κ1) is 12.8. The molecule has 0 radical (unpaired) electrons. The molecule has 0 spiro atoms. The molecule has 0 saturated carbocycles. The molecule has 1 fully saturated rings. The second-order valence-electron chi connectivity index (χ2n) is 4.57. The lowest BCUT2D eigenvalue weighted by atomic mass is 10.2. The highest BCUT2D eigenvalue weighted by Crippen LogP contribution is 2.15. The van der Waals surface area contributed by atoms with Crippen LogP contribution < -0.4 is 5.32 Å². The summed E-state index contributed by atoms with van der Waals surface area (Å²) < 4.78 is 0. The summed E-state index contributed by atoms with van der Waals surface area (Å²) in [5.74, 6) is 0. The molecule has 1 saturated heterocycles. The largest absolute Gasteiger partial charge is 0.313 e. The Bertz CT molecular complexity index is 350. The topological polar surface area (TPSA) is 28.2 Å². The Labute approximate surface area is 108 Å². The highest BCUT2D eigenvalue weighted by Gasteiger charge is 2.17. The zero-order chi connectivity index (χ0) is 12.1. The van der Waals surface area contributed by atoms with Crippen LogP contribution in [0.4, 0.5) is 0 Å². The van der Waals surface area contributed by atoms with Crippen molar-refractivity contribution in [3.8, 4) is 0 Å². The third-order valence-electron chi connectivity index (χ3n) is 3.32. The molecule has 2 heterocycles. The fourth-order valence-electron chi connectivity index (χ4n) is 2.31. The van der Waals surface area contributed by atoms with Gasteiger partial charge < -0.3 is 5.32 Å². The molecule has 0 aromatic carbocycles. The molecule has 94 valence electrons. The van der Waals surface area contributed by atoms with Crippen molar-refractivity contribution in [2.75, 3.05) is 19.6 Å². The van der Waals surface area contributed by atoms with E-state index < -0.39 is 0 Å². The van der Waals surface area contributed by atoms with Gasteiger partial charge in [-0.3, -0.25) is 4.90 Å². The molecule has 1 aliphatic heterocycles. The number of nitrogens with one attached hydrogen (secondary N) is 1. The summed E-state index contributed by atoms with van der Waals surface area (Å²) in [6.45, 7) is 6.39. The summed E-state index contributed by atoms with van der Waals surface area (Å²) in [4.78, 5) is 6.54. The normalized spacial score (nSPS) is 20.1. The summed E-state index contributed by atoms with van der Waals surface area (Å²) in [7, 11) is 0. The number of likely N-dealkylation sites (N-methyl/N-ethyl adjacent to an activating group) is 1. The number of aromatic nitrogens is 1. The molecule has 17 heavy (non-hydrogen) atoms. The molecule has 1 aliphatic rings. The first-order chi connectivity index (χ1) is 8.29. The zero-order valence-corrected chi connectivity index (χ0v) is 11.1. The number of halogens is 1. The van der Waals surface area contributed by atoms with E-state index in [0.29, 0.717) is 11.2 Å². The Morgan fingerprint density at radius 3 is 3.12 bits per heavy atom. The van der Waals surface area contributed by atoms with E-state index in [1.165, 1.54) is 12.8 Å². The van der Waals surface area contributed by atoms with Gasteiger partial charge in [0.1, 0.15) is 5.15 Å². The lowest BCUT2D eigenvalue weighted by molar-refractivity contribution is 0.253. The highest BCUT2D eigenvalue weighted by atomic mass is 35.5. The minimum absolute atomic E-state index is 0.630. The Kier molecular flexibility index (Phi) is 4.77. The van der Waals surface area contributed by atoms with Gasteiger partial charge in [0.15, 0.2) is 0 Å². The lowest BCUT2D eigenvalue weighted by Gasteiger charge is -2.24. The fourth-order valence-corrected chi connectivity index (χ4v) is 2.49. The van der Waals surface area contributed by atoms with E-state index in [9.17, 15) is 0 Å². The monoisotopic (exact) mass is 253 g/mol. The van der Waals surface area contributed by atoms with Crippen LogP contribution in [0.5, 0.6) is 0 Å². The predicted octanol–water partition coefficient (Wildman–Crippen LogP) is 2.31. The van der Waals surface area contributed by atoms with E-state index in [4.69, 9.17) is 11.6 Å². The van der Waals surface area contributed by atoms with Crippen LogP contribution in [0.2, 0.25) is 5.15 Å². The second-order valence-corrected chi connectivity index (χ2v) is 4.93. The molecule has 4 heteroatoms. The van der Waals surface area contributed by atoms with Crippen LogP contribution in [-0.2, 0) is 6.54 Å². The molecule has 1 atom stereocenters. The molecule has 0 bridgehead atoms. The predicted molar refractivity (Wildman–Crippen MR) is 71.2 cm³/mol. The molecule has 0 aliphatic carbocycles. The average Bonchev–Trinajstić information content (AvgIpc) is 2.84. The van der Waals surface area contributed by atoms with Gasteiger partial charge in [-0.05, 0) is 32.0 Å². The van der Waals surface area contributed by atoms with E-state index in [0.717, 1.165) is 31.7 Å². The number of hydrogen-bond donors (Lipinski definition) is 1. The number of rotatable bonds is 5. The Morgan fingerprint density at radius 1 is 1.59 bits per heavy atom. The van der Waals surface area contributed by atoms with Crippen molar-refractivity contribution in [2.45, 2.75) is 32.4 Å². The van der Waals surface area contributed by atoms with E-state index in [2.05, 4.69) is 28.2 Å². The van der Waals surface area contributed by atoms with Crippen LogP contribution in [0, 0.1) is 0 Å². The van der Waals surface area contributed by atoms with E-state index >= 15 is 0 Å². The van der Waals surface area contributed by atoms with Crippen LogP contribution in [0.1, 0.15) is 25.3 Å². The Balaban J connectivity index is 1.92. The highest BCUT2D eigenvalue weighted by molar-refractivity contribution is 6.30. The summed E-state index contributed by atoms with van der Waals surface area (Å²) in [5.41, 5.74) is 1.12. The maximum absolute atomic E-state index is 6.09. The van der Waals surface area contributed by atoms with Gasteiger partial charge in [0.05, 0.1) is 0 Å². The second kappa shape index (κ2) is 6.34. The van der Waals surface area contributed by atoms with Crippen molar-refractivity contribution < 1.29 is 0 Å². The molecule has 3 nitrogen and oxygen atoms in total. The van der Waals surface area contributed by atoms with Crippen LogP contribution in [0.25, 0.3) is 0 Å².